The van der Waals surface area contributed by atoms with Gasteiger partial charge in [-0.2, -0.15) is 4.68 Å². The number of hydrogen-bond donors (Lipinski definition) is 1. The summed E-state index contributed by atoms with van der Waals surface area (Å²) >= 11 is 0. The fraction of sp³-hybridized carbons (Fsp3) is 0.375. The van der Waals surface area contributed by atoms with Gasteiger partial charge in [-0.05, 0) is 60.7 Å². The number of benzene rings is 1. The summed E-state index contributed by atoms with van der Waals surface area (Å²) in [7, 11) is 0. The van der Waals surface area contributed by atoms with E-state index in [0.717, 1.165) is 19.3 Å². The summed E-state index contributed by atoms with van der Waals surface area (Å²) in [4.78, 5) is 12.4. The molecule has 0 bridgehead atoms. The van der Waals surface area contributed by atoms with Gasteiger partial charge in [0, 0.05) is 6.54 Å². The number of carbonyl (C=O) groups excluding carboxylic acids is 1. The Labute approximate surface area is 133 Å². The first-order valence-corrected chi connectivity index (χ1v) is 7.73. The zero-order valence-corrected chi connectivity index (χ0v) is 12.7. The third-order valence-corrected chi connectivity index (χ3v) is 3.92. The summed E-state index contributed by atoms with van der Waals surface area (Å²) in [5.74, 6) is -0.798. The predicted molar refractivity (Wildman–Crippen MR) is 82.6 cm³/mol. The Morgan fingerprint density at radius 2 is 2.26 bits per heavy atom. The van der Waals surface area contributed by atoms with Crippen molar-refractivity contribution in [2.45, 2.75) is 32.1 Å². The van der Waals surface area contributed by atoms with E-state index in [9.17, 15) is 9.18 Å². The Balaban J connectivity index is 1.69. The van der Waals surface area contributed by atoms with Gasteiger partial charge in [0.25, 0.3) is 5.91 Å². The van der Waals surface area contributed by atoms with Crippen LogP contribution in [0.2, 0.25) is 0 Å². The maximum absolute atomic E-state index is 13.5. The van der Waals surface area contributed by atoms with Crippen LogP contribution in [0.5, 0.6) is 0 Å². The van der Waals surface area contributed by atoms with E-state index in [4.69, 9.17) is 0 Å². The van der Waals surface area contributed by atoms with Crippen molar-refractivity contribution in [2.24, 2.45) is 0 Å². The normalized spacial score (nSPS) is 14.4. The summed E-state index contributed by atoms with van der Waals surface area (Å²) in [6, 6.07) is 3.97. The summed E-state index contributed by atoms with van der Waals surface area (Å²) in [6.07, 6.45) is 9.15. The van der Waals surface area contributed by atoms with Crippen molar-refractivity contribution in [2.75, 3.05) is 6.54 Å². The Kier molecular flexibility index (Phi) is 4.75. The zero-order chi connectivity index (χ0) is 16.1. The highest BCUT2D eigenvalue weighted by Crippen LogP contribution is 2.20. The fourth-order valence-corrected chi connectivity index (χ4v) is 2.73. The second kappa shape index (κ2) is 7.13. The quantitative estimate of drug-likeness (QED) is 0.860. The van der Waals surface area contributed by atoms with Gasteiger partial charge in [-0.3, -0.25) is 4.79 Å². The third kappa shape index (κ3) is 3.80. The molecule has 3 rings (SSSR count). The van der Waals surface area contributed by atoms with Gasteiger partial charge in [0.2, 0.25) is 0 Å². The Morgan fingerprint density at radius 3 is 3.00 bits per heavy atom. The summed E-state index contributed by atoms with van der Waals surface area (Å²) in [5.41, 5.74) is 2.05. The van der Waals surface area contributed by atoms with Gasteiger partial charge in [0.1, 0.15) is 12.1 Å². The van der Waals surface area contributed by atoms with Crippen LogP contribution in [0, 0.1) is 5.82 Å². The van der Waals surface area contributed by atoms with E-state index in [-0.39, 0.29) is 11.5 Å². The van der Waals surface area contributed by atoms with Gasteiger partial charge in [0.05, 0.1) is 11.3 Å². The molecule has 120 valence electrons. The molecule has 1 N–H and O–H groups in total. The van der Waals surface area contributed by atoms with Crippen LogP contribution in [0.15, 0.2) is 36.2 Å². The molecular formula is C16H18FN5O. The lowest BCUT2D eigenvalue weighted by Crippen LogP contribution is -2.26. The molecule has 1 aliphatic rings. The number of carbonyl (C=O) groups is 1. The van der Waals surface area contributed by atoms with E-state index in [1.165, 1.54) is 47.6 Å². The maximum atomic E-state index is 13.5. The first-order valence-electron chi connectivity index (χ1n) is 7.73. The molecule has 0 spiro atoms. The minimum absolute atomic E-state index is 0.218. The van der Waals surface area contributed by atoms with Crippen molar-refractivity contribution >= 4 is 5.91 Å². The predicted octanol–water partition coefficient (Wildman–Crippen LogP) is 2.42. The number of nitrogens with zero attached hydrogens (tertiary/aromatic N) is 4. The van der Waals surface area contributed by atoms with Crippen LogP contribution in [-0.4, -0.2) is 32.7 Å². The Morgan fingerprint density at radius 1 is 1.35 bits per heavy atom. The molecule has 0 atom stereocenters. The summed E-state index contributed by atoms with van der Waals surface area (Å²) < 4.78 is 14.9. The summed E-state index contributed by atoms with van der Waals surface area (Å²) in [5, 5.41) is 13.7. The maximum Gasteiger partial charge on any atom is 0.253 e. The van der Waals surface area contributed by atoms with Crippen molar-refractivity contribution in [3.05, 3.63) is 47.6 Å². The van der Waals surface area contributed by atoms with Crippen LogP contribution < -0.4 is 5.32 Å². The topological polar surface area (TPSA) is 72.7 Å². The highest BCUT2D eigenvalue weighted by Gasteiger charge is 2.15. The number of aromatic nitrogens is 4. The standard InChI is InChI=1S/C16H18FN5O/c17-13-6-7-15(22-11-19-20-21-22)14(10-13)16(23)18-9-8-12-4-2-1-3-5-12/h4,6-7,10-11H,1-3,5,8-9H2,(H,18,23). The molecule has 1 aromatic carbocycles. The van der Waals surface area contributed by atoms with Gasteiger partial charge in [0.15, 0.2) is 0 Å². The lowest BCUT2D eigenvalue weighted by atomic mass is 9.97. The highest BCUT2D eigenvalue weighted by atomic mass is 19.1. The average molecular weight is 315 g/mol. The molecule has 1 amide bonds. The van der Waals surface area contributed by atoms with Crippen LogP contribution >= 0.6 is 0 Å². The van der Waals surface area contributed by atoms with Crippen LogP contribution in [-0.2, 0) is 0 Å². The smallest absolute Gasteiger partial charge is 0.253 e. The molecule has 1 aromatic heterocycles. The van der Waals surface area contributed by atoms with Crippen molar-refractivity contribution in [1.82, 2.24) is 25.5 Å². The second-order valence-electron chi connectivity index (χ2n) is 5.53. The van der Waals surface area contributed by atoms with E-state index in [1.54, 1.807) is 0 Å². The molecule has 0 unspecified atom stereocenters. The molecule has 23 heavy (non-hydrogen) atoms. The van der Waals surface area contributed by atoms with E-state index in [1.807, 2.05) is 0 Å². The first-order chi connectivity index (χ1) is 11.2. The van der Waals surface area contributed by atoms with Crippen molar-refractivity contribution in [1.29, 1.82) is 0 Å². The van der Waals surface area contributed by atoms with Crippen molar-refractivity contribution in [3.63, 3.8) is 0 Å². The average Bonchev–Trinajstić information content (AvgIpc) is 3.10. The van der Waals surface area contributed by atoms with Crippen LogP contribution in [0.1, 0.15) is 42.5 Å². The molecule has 0 saturated heterocycles. The molecule has 0 radical (unpaired) electrons. The minimum Gasteiger partial charge on any atom is -0.352 e. The number of tetrazole rings is 1. The minimum atomic E-state index is -0.470. The van der Waals surface area contributed by atoms with Crippen LogP contribution in [0.25, 0.3) is 5.69 Å². The molecule has 7 heteroatoms. The molecule has 1 heterocycles. The Bertz CT molecular complexity index is 711. The SMILES string of the molecule is O=C(NCCC1=CCCCC1)c1cc(F)ccc1-n1cnnn1. The van der Waals surface area contributed by atoms with Gasteiger partial charge >= 0.3 is 0 Å². The summed E-state index contributed by atoms with van der Waals surface area (Å²) in [6.45, 7) is 0.538. The highest BCUT2D eigenvalue weighted by molar-refractivity contribution is 5.97. The molecule has 6 nitrogen and oxygen atoms in total. The van der Waals surface area contributed by atoms with E-state index in [0.29, 0.717) is 12.2 Å². The number of nitrogens with one attached hydrogen (secondary N) is 1. The van der Waals surface area contributed by atoms with Crippen LogP contribution in [0.4, 0.5) is 4.39 Å². The number of rotatable bonds is 5. The largest absolute Gasteiger partial charge is 0.352 e. The van der Waals surface area contributed by atoms with Gasteiger partial charge in [-0.1, -0.05) is 11.6 Å². The van der Waals surface area contributed by atoms with Crippen LogP contribution in [0.3, 0.4) is 0 Å². The number of allylic oxidation sites excluding steroid dienone is 1. The van der Waals surface area contributed by atoms with E-state index < -0.39 is 5.82 Å². The molecular weight excluding hydrogens is 297 g/mol. The van der Waals surface area contributed by atoms with Crippen molar-refractivity contribution < 1.29 is 9.18 Å². The van der Waals surface area contributed by atoms with E-state index in [2.05, 4.69) is 26.9 Å². The molecule has 0 fully saturated rings. The van der Waals surface area contributed by atoms with Crippen molar-refractivity contribution in [3.8, 4) is 5.69 Å². The molecule has 1 aliphatic carbocycles. The monoisotopic (exact) mass is 315 g/mol. The lowest BCUT2D eigenvalue weighted by Gasteiger charge is -2.13. The molecule has 2 aromatic rings. The molecule has 0 saturated carbocycles. The first kappa shape index (κ1) is 15.3. The van der Waals surface area contributed by atoms with Gasteiger partial charge < -0.3 is 5.32 Å². The second-order valence-corrected chi connectivity index (χ2v) is 5.53. The zero-order valence-electron chi connectivity index (χ0n) is 12.7. The van der Waals surface area contributed by atoms with E-state index >= 15 is 0 Å². The molecule has 0 aliphatic heterocycles. The lowest BCUT2D eigenvalue weighted by molar-refractivity contribution is 0.0953. The number of halogens is 1. The van der Waals surface area contributed by atoms with Gasteiger partial charge in [-0.25, -0.2) is 4.39 Å². The third-order valence-electron chi connectivity index (χ3n) is 3.92. The van der Waals surface area contributed by atoms with Gasteiger partial charge in [-0.15, -0.1) is 5.10 Å². The number of hydrogen-bond acceptors (Lipinski definition) is 4. The fourth-order valence-electron chi connectivity index (χ4n) is 2.73. The number of amides is 1. The Hall–Kier alpha value is -2.57.